The van der Waals surface area contributed by atoms with E-state index in [0.29, 0.717) is 6.42 Å². The van der Waals surface area contributed by atoms with Crippen LogP contribution in [-0.4, -0.2) is 24.7 Å². The molecule has 0 unspecified atom stereocenters. The lowest BCUT2D eigenvalue weighted by molar-refractivity contribution is -0.143. The van der Waals surface area contributed by atoms with E-state index < -0.39 is 12.0 Å². The first-order valence-electron chi connectivity index (χ1n) is 5.16. The van der Waals surface area contributed by atoms with Crippen LogP contribution in [-0.2, 0) is 20.7 Å². The van der Waals surface area contributed by atoms with E-state index in [1.165, 1.54) is 12.2 Å². The number of esters is 1. The van der Waals surface area contributed by atoms with Crippen molar-refractivity contribution < 1.29 is 14.3 Å². The molecular formula is C13H13NO3. The van der Waals surface area contributed by atoms with E-state index >= 15 is 0 Å². The maximum atomic E-state index is 11.6. The van der Waals surface area contributed by atoms with Crippen LogP contribution in [0, 0.1) is 0 Å². The quantitative estimate of drug-likeness (QED) is 0.324. The van der Waals surface area contributed by atoms with Gasteiger partial charge in [-0.3, -0.25) is 0 Å². The van der Waals surface area contributed by atoms with Crippen molar-refractivity contribution in [1.82, 2.24) is 0 Å². The number of carbonyl (C=O) groups is 1. The second-order valence-corrected chi connectivity index (χ2v) is 3.34. The molecular weight excluding hydrogens is 218 g/mol. The van der Waals surface area contributed by atoms with Gasteiger partial charge in [-0.05, 0) is 5.56 Å². The Morgan fingerprint density at radius 3 is 2.76 bits per heavy atom. The van der Waals surface area contributed by atoms with Crippen LogP contribution in [0.4, 0.5) is 0 Å². The molecule has 4 heteroatoms. The molecule has 0 heterocycles. The Bertz CT molecular complexity index is 422. The lowest BCUT2D eigenvalue weighted by Crippen LogP contribution is -2.24. The van der Waals surface area contributed by atoms with Gasteiger partial charge < -0.3 is 4.74 Å². The molecule has 88 valence electrons. The highest BCUT2D eigenvalue weighted by Crippen LogP contribution is 2.07. The minimum Gasteiger partial charge on any atom is -0.460 e. The van der Waals surface area contributed by atoms with Crippen LogP contribution < -0.4 is 0 Å². The molecule has 0 radical (unpaired) electrons. The topological polar surface area (TPSA) is 55.7 Å². The molecule has 17 heavy (non-hydrogen) atoms. The number of ether oxygens (including phenoxy) is 1. The first-order chi connectivity index (χ1) is 8.27. The summed E-state index contributed by atoms with van der Waals surface area (Å²) in [5.74, 6) is -0.544. The van der Waals surface area contributed by atoms with Crippen molar-refractivity contribution in [3.8, 4) is 0 Å². The van der Waals surface area contributed by atoms with E-state index in [0.717, 1.165) is 5.56 Å². The van der Waals surface area contributed by atoms with E-state index in [9.17, 15) is 9.59 Å². The normalized spacial score (nSPS) is 11.1. The zero-order chi connectivity index (χ0) is 12.5. The molecule has 0 aliphatic rings. The van der Waals surface area contributed by atoms with Crippen LogP contribution in [0.15, 0.2) is 48.0 Å². The summed E-state index contributed by atoms with van der Waals surface area (Å²) in [5, 5.41) is 0. The number of aliphatic imine (C=N–C) groups is 1. The number of isocyanates is 1. The lowest BCUT2D eigenvalue weighted by atomic mass is 10.1. The zero-order valence-electron chi connectivity index (χ0n) is 9.33. The highest BCUT2D eigenvalue weighted by molar-refractivity contribution is 5.77. The van der Waals surface area contributed by atoms with Gasteiger partial charge >= 0.3 is 5.97 Å². The minimum atomic E-state index is -0.838. The Morgan fingerprint density at radius 2 is 2.18 bits per heavy atom. The summed E-state index contributed by atoms with van der Waals surface area (Å²) in [6.07, 6.45) is 3.18. The predicted molar refractivity (Wildman–Crippen MR) is 63.2 cm³/mol. The molecule has 1 rings (SSSR count). The standard InChI is InChI=1S/C13H13NO3/c1-2-8-17-13(16)12(14-10-15)9-11-6-4-3-5-7-11/h2-7,12H,1,8-9H2/t12-/m0/s1. The second kappa shape index (κ2) is 7.14. The third kappa shape index (κ3) is 4.45. The molecule has 1 aromatic carbocycles. The largest absolute Gasteiger partial charge is 0.460 e. The molecule has 0 aliphatic heterocycles. The van der Waals surface area contributed by atoms with Crippen molar-refractivity contribution in [2.75, 3.05) is 6.61 Å². The fraction of sp³-hybridized carbons (Fsp3) is 0.231. The lowest BCUT2D eigenvalue weighted by Gasteiger charge is -2.09. The van der Waals surface area contributed by atoms with Gasteiger partial charge in [0.2, 0.25) is 6.08 Å². The average Bonchev–Trinajstić information content (AvgIpc) is 2.36. The maximum absolute atomic E-state index is 11.6. The predicted octanol–water partition coefficient (Wildman–Crippen LogP) is 1.66. The minimum absolute atomic E-state index is 0.110. The van der Waals surface area contributed by atoms with Gasteiger partial charge in [-0.2, -0.15) is 4.99 Å². The molecule has 0 saturated carbocycles. The monoisotopic (exact) mass is 231 g/mol. The Labute approximate surface area is 99.6 Å². The van der Waals surface area contributed by atoms with E-state index in [-0.39, 0.29) is 6.61 Å². The number of hydrogen-bond acceptors (Lipinski definition) is 4. The van der Waals surface area contributed by atoms with Gasteiger partial charge in [0.05, 0.1) is 0 Å². The summed E-state index contributed by atoms with van der Waals surface area (Å²) < 4.78 is 4.85. The van der Waals surface area contributed by atoms with Crippen molar-refractivity contribution in [3.05, 3.63) is 48.6 Å². The summed E-state index contributed by atoms with van der Waals surface area (Å²) in [6.45, 7) is 3.55. The number of carbonyl (C=O) groups excluding carboxylic acids is 2. The Balaban J connectivity index is 2.69. The second-order valence-electron chi connectivity index (χ2n) is 3.34. The van der Waals surface area contributed by atoms with E-state index in [1.54, 1.807) is 0 Å². The number of hydrogen-bond donors (Lipinski definition) is 0. The highest BCUT2D eigenvalue weighted by Gasteiger charge is 2.19. The summed E-state index contributed by atoms with van der Waals surface area (Å²) in [5.41, 5.74) is 0.909. The van der Waals surface area contributed by atoms with Gasteiger partial charge in [0.1, 0.15) is 6.61 Å². The van der Waals surface area contributed by atoms with E-state index in [4.69, 9.17) is 4.74 Å². The maximum Gasteiger partial charge on any atom is 0.332 e. The smallest absolute Gasteiger partial charge is 0.332 e. The first-order valence-corrected chi connectivity index (χ1v) is 5.16. The molecule has 0 spiro atoms. The molecule has 1 atom stereocenters. The molecule has 0 N–H and O–H groups in total. The third-order valence-corrected chi connectivity index (χ3v) is 2.10. The SMILES string of the molecule is C=CCOC(=O)[C@H](Cc1ccccc1)N=C=O. The van der Waals surface area contributed by atoms with Crippen LogP contribution in [0.5, 0.6) is 0 Å². The van der Waals surface area contributed by atoms with E-state index in [1.807, 2.05) is 30.3 Å². The molecule has 0 saturated heterocycles. The zero-order valence-corrected chi connectivity index (χ0v) is 9.33. The molecule has 4 nitrogen and oxygen atoms in total. The van der Waals surface area contributed by atoms with Crippen LogP contribution in [0.25, 0.3) is 0 Å². The fourth-order valence-electron chi connectivity index (χ4n) is 1.32. The van der Waals surface area contributed by atoms with Gasteiger partial charge in [-0.25, -0.2) is 9.59 Å². The van der Waals surface area contributed by atoms with Crippen molar-refractivity contribution in [1.29, 1.82) is 0 Å². The van der Waals surface area contributed by atoms with Crippen LogP contribution >= 0.6 is 0 Å². The van der Waals surface area contributed by atoms with Gasteiger partial charge in [0.15, 0.2) is 6.04 Å². The Morgan fingerprint density at radius 1 is 1.47 bits per heavy atom. The Kier molecular flexibility index (Phi) is 5.41. The van der Waals surface area contributed by atoms with Gasteiger partial charge in [0.25, 0.3) is 0 Å². The summed E-state index contributed by atoms with van der Waals surface area (Å²) in [6, 6.07) is 8.45. The molecule has 1 aromatic rings. The summed E-state index contributed by atoms with van der Waals surface area (Å²) >= 11 is 0. The molecule has 0 aliphatic carbocycles. The first kappa shape index (κ1) is 12.9. The molecule has 0 aromatic heterocycles. The van der Waals surface area contributed by atoms with Crippen LogP contribution in [0.1, 0.15) is 5.56 Å². The van der Waals surface area contributed by atoms with E-state index in [2.05, 4.69) is 11.6 Å². The van der Waals surface area contributed by atoms with Crippen molar-refractivity contribution in [2.45, 2.75) is 12.5 Å². The Hall–Kier alpha value is -2.19. The van der Waals surface area contributed by atoms with Gasteiger partial charge in [-0.15, -0.1) is 0 Å². The molecule has 0 fully saturated rings. The summed E-state index contributed by atoms with van der Waals surface area (Å²) in [4.78, 5) is 25.3. The van der Waals surface area contributed by atoms with Gasteiger partial charge in [-0.1, -0.05) is 43.0 Å². The van der Waals surface area contributed by atoms with Crippen molar-refractivity contribution in [3.63, 3.8) is 0 Å². The number of benzene rings is 1. The fourth-order valence-corrected chi connectivity index (χ4v) is 1.32. The van der Waals surface area contributed by atoms with Gasteiger partial charge in [0, 0.05) is 6.42 Å². The number of rotatable bonds is 6. The van der Waals surface area contributed by atoms with Crippen molar-refractivity contribution in [2.24, 2.45) is 4.99 Å². The van der Waals surface area contributed by atoms with Crippen molar-refractivity contribution >= 4 is 12.0 Å². The van der Waals surface area contributed by atoms with Crippen LogP contribution in [0.2, 0.25) is 0 Å². The molecule has 0 bridgehead atoms. The van der Waals surface area contributed by atoms with Crippen LogP contribution in [0.3, 0.4) is 0 Å². The third-order valence-electron chi connectivity index (χ3n) is 2.10. The number of nitrogens with zero attached hydrogens (tertiary/aromatic N) is 1. The summed E-state index contributed by atoms with van der Waals surface area (Å²) in [7, 11) is 0. The molecule has 0 amide bonds. The highest BCUT2D eigenvalue weighted by atomic mass is 16.5. The average molecular weight is 231 g/mol.